The number of quaternary nitrogens is 1. The van der Waals surface area contributed by atoms with Crippen LogP contribution in [0.4, 0.5) is 0 Å². The van der Waals surface area contributed by atoms with Crippen LogP contribution in [0.5, 0.6) is 0 Å². The summed E-state index contributed by atoms with van der Waals surface area (Å²) in [6.45, 7) is 3.16. The van der Waals surface area contributed by atoms with Gasteiger partial charge in [0.1, 0.15) is 0 Å². The molecule has 1 heterocycles. The quantitative estimate of drug-likeness (QED) is 0.648. The van der Waals surface area contributed by atoms with Crippen LogP contribution in [0.15, 0.2) is 4.99 Å². The van der Waals surface area contributed by atoms with Crippen LogP contribution in [0.1, 0.15) is 0 Å². The predicted octanol–water partition coefficient (Wildman–Crippen LogP) is 0.385. The zero-order valence-corrected chi connectivity index (χ0v) is 8.95. The summed E-state index contributed by atoms with van der Waals surface area (Å²) in [4.78, 5) is 4.32. The Bertz CT molecular complexity index is 172. The summed E-state index contributed by atoms with van der Waals surface area (Å²) in [5, 5.41) is 4.38. The van der Waals surface area contributed by atoms with Crippen molar-refractivity contribution < 1.29 is 4.48 Å². The van der Waals surface area contributed by atoms with Gasteiger partial charge in [-0.15, -0.1) is 0 Å². The number of nitrogens with one attached hydrogen (secondary N) is 1. The SMILES string of the molecule is C[N+](C)(C)CCSC1=NCCN1. The summed E-state index contributed by atoms with van der Waals surface area (Å²) >= 11 is 1.83. The van der Waals surface area contributed by atoms with E-state index >= 15 is 0 Å². The van der Waals surface area contributed by atoms with E-state index in [-0.39, 0.29) is 0 Å². The highest BCUT2D eigenvalue weighted by atomic mass is 32.2. The summed E-state index contributed by atoms with van der Waals surface area (Å²) < 4.78 is 1.03. The van der Waals surface area contributed by atoms with Crippen molar-refractivity contribution in [3.05, 3.63) is 0 Å². The molecule has 0 fully saturated rings. The monoisotopic (exact) mass is 188 g/mol. The van der Waals surface area contributed by atoms with Gasteiger partial charge in [0.25, 0.3) is 0 Å². The van der Waals surface area contributed by atoms with Crippen LogP contribution < -0.4 is 5.32 Å². The van der Waals surface area contributed by atoms with E-state index in [0.29, 0.717) is 0 Å². The van der Waals surface area contributed by atoms with E-state index in [4.69, 9.17) is 0 Å². The lowest BCUT2D eigenvalue weighted by Gasteiger charge is -2.23. The first-order valence-electron chi connectivity index (χ1n) is 4.29. The first-order valence-corrected chi connectivity index (χ1v) is 5.28. The Kier molecular flexibility index (Phi) is 3.40. The van der Waals surface area contributed by atoms with E-state index in [1.54, 1.807) is 0 Å². The Labute approximate surface area is 78.8 Å². The van der Waals surface area contributed by atoms with Crippen LogP contribution in [0, 0.1) is 0 Å². The molecule has 0 unspecified atom stereocenters. The largest absolute Gasteiger partial charge is 0.363 e. The molecule has 0 amide bonds. The molecular formula is C8H18N3S+. The molecular weight excluding hydrogens is 170 g/mol. The lowest BCUT2D eigenvalue weighted by Crippen LogP contribution is -2.36. The molecule has 70 valence electrons. The van der Waals surface area contributed by atoms with Gasteiger partial charge in [-0.1, -0.05) is 11.8 Å². The van der Waals surface area contributed by atoms with E-state index in [0.717, 1.165) is 28.5 Å². The van der Waals surface area contributed by atoms with Gasteiger partial charge in [0.15, 0.2) is 5.17 Å². The van der Waals surface area contributed by atoms with Gasteiger partial charge >= 0.3 is 0 Å². The number of hydrogen-bond acceptors (Lipinski definition) is 3. The van der Waals surface area contributed by atoms with Crippen LogP contribution in [-0.4, -0.2) is 56.2 Å². The van der Waals surface area contributed by atoms with Gasteiger partial charge in [0.05, 0.1) is 40.0 Å². The Morgan fingerprint density at radius 3 is 2.75 bits per heavy atom. The average Bonchev–Trinajstić information content (AvgIpc) is 2.36. The zero-order chi connectivity index (χ0) is 9.03. The minimum atomic E-state index is 0.951. The first-order chi connectivity index (χ1) is 5.58. The fraction of sp³-hybridized carbons (Fsp3) is 0.875. The van der Waals surface area contributed by atoms with Gasteiger partial charge in [0, 0.05) is 6.54 Å². The molecule has 3 nitrogen and oxygen atoms in total. The third-order valence-corrected chi connectivity index (χ3v) is 2.58. The summed E-state index contributed by atoms with van der Waals surface area (Å²) in [6.07, 6.45) is 0. The predicted molar refractivity (Wildman–Crippen MR) is 55.7 cm³/mol. The third-order valence-electron chi connectivity index (χ3n) is 1.64. The Morgan fingerprint density at radius 1 is 1.50 bits per heavy atom. The molecule has 1 N–H and O–H groups in total. The number of aliphatic imine (C=N–C) groups is 1. The average molecular weight is 188 g/mol. The van der Waals surface area contributed by atoms with Gasteiger partial charge in [-0.05, 0) is 0 Å². The summed E-state index contributed by atoms with van der Waals surface area (Å²) in [6, 6.07) is 0. The van der Waals surface area contributed by atoms with Gasteiger partial charge < -0.3 is 9.80 Å². The molecule has 0 aromatic carbocycles. The maximum absolute atomic E-state index is 4.32. The van der Waals surface area contributed by atoms with Crippen molar-refractivity contribution in [2.24, 2.45) is 4.99 Å². The van der Waals surface area contributed by atoms with Crippen LogP contribution in [-0.2, 0) is 0 Å². The lowest BCUT2D eigenvalue weighted by atomic mass is 10.6. The number of hydrogen-bond donors (Lipinski definition) is 1. The molecule has 12 heavy (non-hydrogen) atoms. The van der Waals surface area contributed by atoms with Crippen LogP contribution >= 0.6 is 11.8 Å². The highest BCUT2D eigenvalue weighted by Crippen LogP contribution is 2.06. The molecule has 0 saturated carbocycles. The highest BCUT2D eigenvalue weighted by molar-refractivity contribution is 8.13. The second kappa shape index (κ2) is 4.14. The van der Waals surface area contributed by atoms with Crippen molar-refractivity contribution >= 4 is 16.9 Å². The summed E-state index contributed by atoms with van der Waals surface area (Å²) in [5.74, 6) is 1.15. The van der Waals surface area contributed by atoms with Crippen LogP contribution in [0.25, 0.3) is 0 Å². The molecule has 0 bridgehead atoms. The second-order valence-corrected chi connectivity index (χ2v) is 5.06. The van der Waals surface area contributed by atoms with E-state index in [1.165, 1.54) is 6.54 Å². The van der Waals surface area contributed by atoms with Crippen molar-refractivity contribution in [2.45, 2.75) is 0 Å². The fourth-order valence-corrected chi connectivity index (χ4v) is 2.11. The minimum absolute atomic E-state index is 0.951. The number of nitrogens with zero attached hydrogens (tertiary/aromatic N) is 2. The van der Waals surface area contributed by atoms with E-state index < -0.39 is 0 Å². The molecule has 0 saturated heterocycles. The fourth-order valence-electron chi connectivity index (χ4n) is 0.889. The molecule has 0 aromatic heterocycles. The Hall–Kier alpha value is -0.220. The number of rotatable bonds is 3. The second-order valence-electron chi connectivity index (χ2n) is 3.98. The maximum atomic E-state index is 4.32. The van der Waals surface area contributed by atoms with Gasteiger partial charge in [-0.3, -0.25) is 4.99 Å². The molecule has 0 spiro atoms. The topological polar surface area (TPSA) is 24.4 Å². The van der Waals surface area contributed by atoms with Gasteiger partial charge in [0.2, 0.25) is 0 Å². The first kappa shape index (κ1) is 9.86. The van der Waals surface area contributed by atoms with Gasteiger partial charge in [-0.2, -0.15) is 0 Å². The Morgan fingerprint density at radius 2 is 2.25 bits per heavy atom. The van der Waals surface area contributed by atoms with Gasteiger partial charge in [-0.25, -0.2) is 0 Å². The summed E-state index contributed by atoms with van der Waals surface area (Å²) in [5.41, 5.74) is 0. The molecule has 0 radical (unpaired) electrons. The molecule has 0 atom stereocenters. The van der Waals surface area contributed by atoms with Crippen LogP contribution in [0.3, 0.4) is 0 Å². The van der Waals surface area contributed by atoms with E-state index in [1.807, 2.05) is 11.8 Å². The van der Waals surface area contributed by atoms with Crippen molar-refractivity contribution in [1.82, 2.24) is 5.32 Å². The molecule has 1 rings (SSSR count). The number of amidine groups is 1. The molecule has 0 aromatic rings. The number of thioether (sulfide) groups is 1. The lowest BCUT2D eigenvalue weighted by molar-refractivity contribution is -0.867. The highest BCUT2D eigenvalue weighted by Gasteiger charge is 2.09. The summed E-state index contributed by atoms with van der Waals surface area (Å²) in [7, 11) is 6.64. The smallest absolute Gasteiger partial charge is 0.156 e. The van der Waals surface area contributed by atoms with Crippen molar-refractivity contribution in [3.8, 4) is 0 Å². The standard InChI is InChI=1S/C8H18N3S/c1-11(2,3)6-7-12-8-9-4-5-10-8/h4-7H2,1-3H3,(H,9,10)/q+1. The minimum Gasteiger partial charge on any atom is -0.363 e. The molecule has 4 heteroatoms. The third kappa shape index (κ3) is 3.97. The molecule has 0 aliphatic carbocycles. The maximum Gasteiger partial charge on any atom is 0.156 e. The Balaban J connectivity index is 2.10. The van der Waals surface area contributed by atoms with E-state index in [9.17, 15) is 0 Å². The zero-order valence-electron chi connectivity index (χ0n) is 8.13. The molecule has 1 aliphatic heterocycles. The van der Waals surface area contributed by atoms with Crippen molar-refractivity contribution in [3.63, 3.8) is 0 Å². The van der Waals surface area contributed by atoms with Crippen molar-refractivity contribution in [1.29, 1.82) is 0 Å². The molecule has 1 aliphatic rings. The normalized spacial score (nSPS) is 17.4. The van der Waals surface area contributed by atoms with Crippen molar-refractivity contribution in [2.75, 3.05) is 46.5 Å². The van der Waals surface area contributed by atoms with Crippen LogP contribution in [0.2, 0.25) is 0 Å². The van der Waals surface area contributed by atoms with E-state index in [2.05, 4.69) is 31.5 Å².